The molecule has 0 saturated heterocycles. The van der Waals surface area contributed by atoms with Gasteiger partial charge in [0.05, 0.1) is 123 Å². The Bertz CT molecular complexity index is 834. The standard InChI is InChI=1S/C31H55BO13/c1-30(2,35)31(3,4)45-32-27-5-7-28(8-6-27)44-26-25-43-24-23-42-22-21-41-20-19-40-18-17-39-16-15-38-14-13-37-12-11-36-10-9-29(33)34/h5-8,32,35H,9-26H2,1-4H3,(H,33,34). The van der Waals surface area contributed by atoms with Crippen LogP contribution in [0.5, 0.6) is 5.75 Å². The van der Waals surface area contributed by atoms with Crippen LogP contribution in [0.1, 0.15) is 34.1 Å². The fraction of sp³-hybridized carbons (Fsp3) is 0.774. The summed E-state index contributed by atoms with van der Waals surface area (Å²) < 4.78 is 54.8. The van der Waals surface area contributed by atoms with Gasteiger partial charge in [0.25, 0.3) is 0 Å². The second-order valence-corrected chi connectivity index (χ2v) is 10.9. The van der Waals surface area contributed by atoms with Gasteiger partial charge in [-0.25, -0.2) is 0 Å². The van der Waals surface area contributed by atoms with Crippen molar-refractivity contribution < 1.29 is 62.3 Å². The van der Waals surface area contributed by atoms with Gasteiger partial charge in [0, 0.05) is 0 Å². The molecule has 0 radical (unpaired) electrons. The van der Waals surface area contributed by atoms with E-state index in [0.717, 1.165) is 11.2 Å². The Morgan fingerprint density at radius 2 is 0.911 bits per heavy atom. The molecule has 0 atom stereocenters. The molecule has 0 aliphatic carbocycles. The van der Waals surface area contributed by atoms with E-state index in [1.54, 1.807) is 13.8 Å². The first kappa shape index (κ1) is 41.2. The fourth-order valence-electron chi connectivity index (χ4n) is 3.14. The Hall–Kier alpha value is -1.85. The highest BCUT2D eigenvalue weighted by atomic mass is 16.6. The van der Waals surface area contributed by atoms with Crippen molar-refractivity contribution >= 4 is 18.9 Å². The Morgan fingerprint density at radius 1 is 0.578 bits per heavy atom. The topological polar surface area (TPSA) is 150 Å². The van der Waals surface area contributed by atoms with Crippen LogP contribution < -0.4 is 10.2 Å². The monoisotopic (exact) mass is 646 g/mol. The van der Waals surface area contributed by atoms with Crippen molar-refractivity contribution in [3.63, 3.8) is 0 Å². The van der Waals surface area contributed by atoms with Gasteiger partial charge in [0.15, 0.2) is 0 Å². The highest BCUT2D eigenvalue weighted by Gasteiger charge is 2.35. The molecule has 0 aliphatic rings. The van der Waals surface area contributed by atoms with Crippen molar-refractivity contribution in [3.05, 3.63) is 24.3 Å². The second kappa shape index (κ2) is 26.2. The third-order valence-corrected chi connectivity index (χ3v) is 6.56. The molecule has 14 heteroatoms. The lowest BCUT2D eigenvalue weighted by atomic mass is 9.82. The minimum Gasteiger partial charge on any atom is -0.491 e. The number of aliphatic carboxylic acids is 1. The summed E-state index contributed by atoms with van der Waals surface area (Å²) in [6.45, 7) is 14.8. The molecule has 13 nitrogen and oxygen atoms in total. The molecule has 0 fully saturated rings. The fourth-order valence-corrected chi connectivity index (χ4v) is 3.14. The first-order chi connectivity index (χ1) is 21.6. The SMILES string of the molecule is CC(C)(O)C(C)(C)OBc1ccc(OCCOCCOCCOCCOCCOCCOCCOCCOCCC(=O)O)cc1. The number of carboxylic acid groups (broad SMARTS) is 1. The molecule has 0 unspecified atom stereocenters. The third kappa shape index (κ3) is 24.1. The molecule has 0 spiro atoms. The minimum atomic E-state index is -0.939. The molecule has 0 amide bonds. The van der Waals surface area contributed by atoms with Crippen LogP contribution in [0.25, 0.3) is 0 Å². The maximum atomic E-state index is 10.3. The van der Waals surface area contributed by atoms with Crippen LogP contribution in [0.4, 0.5) is 0 Å². The van der Waals surface area contributed by atoms with Gasteiger partial charge in [-0.3, -0.25) is 4.79 Å². The van der Waals surface area contributed by atoms with E-state index in [1.165, 1.54) is 0 Å². The quantitative estimate of drug-likeness (QED) is 0.0854. The van der Waals surface area contributed by atoms with E-state index in [-0.39, 0.29) is 13.0 Å². The number of rotatable bonds is 32. The molecule has 0 aliphatic heterocycles. The lowest BCUT2D eigenvalue weighted by molar-refractivity contribution is -0.138. The lowest BCUT2D eigenvalue weighted by Crippen LogP contribution is -2.49. The van der Waals surface area contributed by atoms with Crippen molar-refractivity contribution in [3.8, 4) is 5.75 Å². The summed E-state index contributed by atoms with van der Waals surface area (Å²) in [5.41, 5.74) is -0.596. The van der Waals surface area contributed by atoms with E-state index < -0.39 is 17.2 Å². The molecule has 1 rings (SSSR count). The van der Waals surface area contributed by atoms with Gasteiger partial charge >= 0.3 is 13.5 Å². The second-order valence-electron chi connectivity index (χ2n) is 10.9. The summed E-state index contributed by atoms with van der Waals surface area (Å²) in [6.07, 6.45) is -0.00411. The van der Waals surface area contributed by atoms with Crippen LogP contribution in [-0.2, 0) is 47.3 Å². The summed E-state index contributed by atoms with van der Waals surface area (Å²) in [4.78, 5) is 10.3. The number of carbonyl (C=O) groups is 1. The molecule has 260 valence electrons. The third-order valence-electron chi connectivity index (χ3n) is 6.56. The first-order valence-electron chi connectivity index (χ1n) is 15.5. The number of carboxylic acids is 1. The summed E-state index contributed by atoms with van der Waals surface area (Å²) >= 11 is 0. The van der Waals surface area contributed by atoms with Crippen LogP contribution in [0.3, 0.4) is 0 Å². The molecule has 0 aromatic heterocycles. The van der Waals surface area contributed by atoms with Gasteiger partial charge in [-0.1, -0.05) is 17.6 Å². The van der Waals surface area contributed by atoms with Crippen LogP contribution in [0.15, 0.2) is 24.3 Å². The molecule has 1 aromatic rings. The van der Waals surface area contributed by atoms with Crippen LogP contribution in [0, 0.1) is 0 Å². The molecule has 0 bridgehead atoms. The number of benzene rings is 1. The van der Waals surface area contributed by atoms with Crippen LogP contribution in [-0.4, -0.2) is 147 Å². The van der Waals surface area contributed by atoms with Crippen molar-refractivity contribution in [2.45, 2.75) is 45.3 Å². The molecule has 1 aromatic carbocycles. The average Bonchev–Trinajstić information content (AvgIpc) is 2.99. The summed E-state index contributed by atoms with van der Waals surface area (Å²) in [6, 6.07) is 7.68. The van der Waals surface area contributed by atoms with E-state index in [9.17, 15) is 9.90 Å². The van der Waals surface area contributed by atoms with Gasteiger partial charge in [0.1, 0.15) is 12.4 Å². The zero-order valence-electron chi connectivity index (χ0n) is 27.6. The molecule has 2 N–H and O–H groups in total. The van der Waals surface area contributed by atoms with E-state index >= 15 is 0 Å². The van der Waals surface area contributed by atoms with E-state index in [4.69, 9.17) is 52.4 Å². The Morgan fingerprint density at radius 3 is 1.24 bits per heavy atom. The number of aliphatic hydroxyl groups is 1. The number of hydrogen-bond acceptors (Lipinski definition) is 12. The van der Waals surface area contributed by atoms with E-state index in [2.05, 4.69) is 0 Å². The molecule has 0 saturated carbocycles. The summed E-state index contributed by atoms with van der Waals surface area (Å²) in [5.74, 6) is -0.117. The smallest absolute Gasteiger partial charge is 0.309 e. The van der Waals surface area contributed by atoms with Crippen molar-refractivity contribution in [1.82, 2.24) is 0 Å². The van der Waals surface area contributed by atoms with Gasteiger partial charge in [0.2, 0.25) is 0 Å². The predicted octanol–water partition coefficient (Wildman–Crippen LogP) is 1.22. The highest BCUT2D eigenvalue weighted by Crippen LogP contribution is 2.24. The van der Waals surface area contributed by atoms with E-state index in [0.29, 0.717) is 113 Å². The maximum Gasteiger partial charge on any atom is 0.309 e. The molecule has 0 heterocycles. The lowest BCUT2D eigenvalue weighted by Gasteiger charge is -2.37. The van der Waals surface area contributed by atoms with Crippen molar-refractivity contribution in [1.29, 1.82) is 0 Å². The Labute approximate surface area is 268 Å². The van der Waals surface area contributed by atoms with Crippen molar-refractivity contribution in [2.75, 3.05) is 112 Å². The normalized spacial score (nSPS) is 12.0. The van der Waals surface area contributed by atoms with Crippen LogP contribution >= 0.6 is 0 Å². The highest BCUT2D eigenvalue weighted by molar-refractivity contribution is 6.47. The Kier molecular flexibility index (Phi) is 24.0. The Balaban J connectivity index is 1.78. The van der Waals surface area contributed by atoms with E-state index in [1.807, 2.05) is 38.1 Å². The molecular formula is C31H55BO13. The predicted molar refractivity (Wildman–Crippen MR) is 169 cm³/mol. The first-order valence-corrected chi connectivity index (χ1v) is 15.5. The minimum absolute atomic E-state index is 0.00411. The summed E-state index contributed by atoms with van der Waals surface area (Å²) in [7, 11) is 0.408. The van der Waals surface area contributed by atoms with Gasteiger partial charge in [-0.15, -0.1) is 0 Å². The number of ether oxygens (including phenoxy) is 9. The molecular weight excluding hydrogens is 591 g/mol. The zero-order chi connectivity index (χ0) is 33.1. The largest absolute Gasteiger partial charge is 0.491 e. The van der Waals surface area contributed by atoms with Crippen molar-refractivity contribution in [2.24, 2.45) is 0 Å². The summed E-state index contributed by atoms with van der Waals surface area (Å²) in [5, 5.41) is 18.7. The molecule has 45 heavy (non-hydrogen) atoms. The van der Waals surface area contributed by atoms with Gasteiger partial charge in [-0.2, -0.15) is 0 Å². The zero-order valence-corrected chi connectivity index (χ0v) is 27.6. The average molecular weight is 647 g/mol. The van der Waals surface area contributed by atoms with Gasteiger partial charge < -0.3 is 57.5 Å². The van der Waals surface area contributed by atoms with Crippen LogP contribution in [0.2, 0.25) is 0 Å². The van der Waals surface area contributed by atoms with Gasteiger partial charge in [-0.05, 0) is 39.8 Å². The number of hydrogen-bond donors (Lipinski definition) is 2. The maximum absolute atomic E-state index is 10.3.